The Bertz CT molecular complexity index is 4440. The Morgan fingerprint density at radius 1 is 0.333 bits per heavy atom. The molecule has 428 valence electrons. The summed E-state index contributed by atoms with van der Waals surface area (Å²) in [6.07, 6.45) is 0. The zero-order valence-corrected chi connectivity index (χ0v) is 48.0. The average Bonchev–Trinajstić information content (AvgIpc) is 2.95. The highest BCUT2D eigenvalue weighted by Gasteiger charge is 2.20. The van der Waals surface area contributed by atoms with Crippen LogP contribution in [0.2, 0.25) is 0 Å². The van der Waals surface area contributed by atoms with Crippen molar-refractivity contribution in [3.05, 3.63) is 231 Å². The standard InChI is InChI=1S/C74H68N4O2.4CH4/c1-41-14-28-66-68(35-41)71(65-27-13-42(2)36-69(65)72(66)57-18-16-55-34-43(3)33-44(4)67(55)39-57)56-17-15-54-40-70(45(5)37-58(54)38-56)78-74(80)77-60-25-21-53(22-26-60)47(7)49(9)62-30-32-63-50(10)61(29-31-64(63)51(62)11)48(8)46(6)52-19-23-59(24-20-52)76-73(79)75-12;;;;/h13-40H,1-12H3,(H2,75,76,79)(H2,77,78,80);4*1H4/b48-46+,49-47+;;;;. The number of amides is 4. The topological polar surface area (TPSA) is 82.3 Å². The molecule has 6 nitrogen and oxygen atoms in total. The lowest BCUT2D eigenvalue weighted by Gasteiger charge is -2.20. The molecule has 11 aromatic carbocycles. The molecule has 0 fully saturated rings. The zero-order chi connectivity index (χ0) is 56.3. The first kappa shape index (κ1) is 62.3. The van der Waals surface area contributed by atoms with Gasteiger partial charge >= 0.3 is 12.1 Å². The molecule has 0 spiro atoms. The Morgan fingerprint density at radius 2 is 0.798 bits per heavy atom. The number of carbonyl (C=O) groups is 2. The SMILES string of the molecule is C.C.C.C.CNC(=O)Nc1ccc(/C(C)=C(\C)c2ccc3c(C)c(/C(C)=C(\C)c4ccc(NC(=O)Nc5cc6ccc(-c7c8ccc(C)cc8c(-c8ccc9cc(C)cc(C)c9c8)c8ccc(C)cc78)cc6cc5C)cc4)ccc3c2C)cc1. The molecule has 0 unspecified atom stereocenters. The Balaban J connectivity index is 0.00000253. The largest absolute Gasteiger partial charge is 0.341 e. The highest BCUT2D eigenvalue weighted by Crippen LogP contribution is 2.46. The van der Waals surface area contributed by atoms with Gasteiger partial charge in [0.15, 0.2) is 0 Å². The molecule has 0 atom stereocenters. The summed E-state index contributed by atoms with van der Waals surface area (Å²) in [6.45, 7) is 23.9. The van der Waals surface area contributed by atoms with E-state index in [-0.39, 0.29) is 41.8 Å². The maximum Gasteiger partial charge on any atom is 0.323 e. The number of rotatable bonds is 9. The van der Waals surface area contributed by atoms with E-state index in [4.69, 9.17) is 0 Å². The van der Waals surface area contributed by atoms with Crippen LogP contribution in [0.25, 0.3) is 98.4 Å². The minimum absolute atomic E-state index is 0. The number of nitrogens with one attached hydrogen (secondary N) is 4. The van der Waals surface area contributed by atoms with E-state index in [0.717, 1.165) is 44.4 Å². The van der Waals surface area contributed by atoms with Crippen LogP contribution in [0, 0.1) is 48.5 Å². The summed E-state index contributed by atoms with van der Waals surface area (Å²) in [7, 11) is 1.61. The second-order valence-electron chi connectivity index (χ2n) is 22.1. The molecule has 0 radical (unpaired) electrons. The van der Waals surface area contributed by atoms with Gasteiger partial charge in [-0.1, -0.05) is 168 Å². The Hall–Kier alpha value is -9.26. The number of urea groups is 2. The number of hydrogen-bond acceptors (Lipinski definition) is 2. The molecule has 4 N–H and O–H groups in total. The van der Waals surface area contributed by atoms with E-state index in [1.807, 2.05) is 24.3 Å². The van der Waals surface area contributed by atoms with Crippen LogP contribution in [0.1, 0.15) is 119 Å². The van der Waals surface area contributed by atoms with Crippen molar-refractivity contribution in [2.45, 2.75) is 106 Å². The Labute approximate surface area is 499 Å². The van der Waals surface area contributed by atoms with Crippen molar-refractivity contribution in [1.82, 2.24) is 5.32 Å². The van der Waals surface area contributed by atoms with E-state index >= 15 is 0 Å². The summed E-state index contributed by atoms with van der Waals surface area (Å²) in [5.41, 5.74) is 25.0. The number of fused-ring (bicyclic) bond motifs is 5. The molecule has 6 heteroatoms. The number of carbonyl (C=O) groups excluding carboxylic acids is 2. The second-order valence-corrected chi connectivity index (χ2v) is 22.1. The quantitative estimate of drug-likeness (QED) is 0.0858. The van der Waals surface area contributed by atoms with Crippen molar-refractivity contribution in [2.75, 3.05) is 23.0 Å². The number of allylic oxidation sites excluding steroid dienone is 4. The summed E-state index contributed by atoms with van der Waals surface area (Å²) in [5.74, 6) is 0. The van der Waals surface area contributed by atoms with E-state index in [0.29, 0.717) is 5.69 Å². The van der Waals surface area contributed by atoms with Crippen LogP contribution < -0.4 is 21.3 Å². The van der Waals surface area contributed by atoms with Crippen molar-refractivity contribution in [2.24, 2.45) is 0 Å². The van der Waals surface area contributed by atoms with E-state index in [1.54, 1.807) is 7.05 Å². The van der Waals surface area contributed by atoms with Crippen LogP contribution >= 0.6 is 0 Å². The Kier molecular flexibility index (Phi) is 18.6. The van der Waals surface area contributed by atoms with Crippen LogP contribution in [-0.2, 0) is 0 Å². The minimum atomic E-state index is -0.294. The first-order valence-electron chi connectivity index (χ1n) is 27.6. The lowest BCUT2D eigenvalue weighted by molar-refractivity contribution is 0.254. The predicted octanol–water partition coefficient (Wildman–Crippen LogP) is 22.8. The average molecular weight is 1110 g/mol. The van der Waals surface area contributed by atoms with Crippen LogP contribution in [0.15, 0.2) is 170 Å². The summed E-state index contributed by atoms with van der Waals surface area (Å²) in [5, 5.41) is 23.8. The van der Waals surface area contributed by atoms with Crippen molar-refractivity contribution >= 4 is 105 Å². The third-order valence-corrected chi connectivity index (χ3v) is 16.8. The lowest BCUT2D eigenvalue weighted by atomic mass is 9.84. The molecule has 11 aromatic rings. The van der Waals surface area contributed by atoms with Gasteiger partial charge in [-0.2, -0.15) is 0 Å². The fourth-order valence-electron chi connectivity index (χ4n) is 12.1. The zero-order valence-electron chi connectivity index (χ0n) is 48.0. The fraction of sp³-hybridized carbons (Fsp3) is 0.205. The van der Waals surface area contributed by atoms with Gasteiger partial charge in [-0.05, 0) is 268 Å². The van der Waals surface area contributed by atoms with Gasteiger partial charge in [0, 0.05) is 24.1 Å². The summed E-state index contributed by atoms with van der Waals surface area (Å²) >= 11 is 0. The Morgan fingerprint density at radius 3 is 1.30 bits per heavy atom. The lowest BCUT2D eigenvalue weighted by Crippen LogP contribution is -2.24. The van der Waals surface area contributed by atoms with Gasteiger partial charge in [-0.15, -0.1) is 0 Å². The van der Waals surface area contributed by atoms with E-state index in [9.17, 15) is 9.59 Å². The maximum atomic E-state index is 13.7. The van der Waals surface area contributed by atoms with Crippen molar-refractivity contribution in [1.29, 1.82) is 0 Å². The number of aryl methyl sites for hydroxylation is 7. The van der Waals surface area contributed by atoms with Gasteiger partial charge in [0.05, 0.1) is 0 Å². The monoisotopic (exact) mass is 1110 g/mol. The van der Waals surface area contributed by atoms with Crippen molar-refractivity contribution in [3.8, 4) is 22.3 Å². The number of hydrogen-bond donors (Lipinski definition) is 4. The highest BCUT2D eigenvalue weighted by atomic mass is 16.2. The predicted molar refractivity (Wildman–Crippen MR) is 371 cm³/mol. The van der Waals surface area contributed by atoms with Gasteiger partial charge in [-0.25, -0.2) is 9.59 Å². The van der Waals surface area contributed by atoms with Gasteiger partial charge < -0.3 is 21.3 Å². The summed E-state index contributed by atoms with van der Waals surface area (Å²) in [6, 6.07) is 60.8. The fourth-order valence-corrected chi connectivity index (χ4v) is 12.1. The van der Waals surface area contributed by atoms with Gasteiger partial charge in [0.1, 0.15) is 0 Å². The van der Waals surface area contributed by atoms with Crippen molar-refractivity contribution < 1.29 is 9.59 Å². The molecule has 0 heterocycles. The first-order chi connectivity index (χ1) is 38.4. The second kappa shape index (κ2) is 25.1. The molecule has 84 heavy (non-hydrogen) atoms. The third kappa shape index (κ3) is 11.7. The molecule has 0 bridgehead atoms. The molecule has 0 aliphatic rings. The van der Waals surface area contributed by atoms with Crippen LogP contribution in [0.4, 0.5) is 26.7 Å². The molecule has 11 rings (SSSR count). The van der Waals surface area contributed by atoms with Crippen molar-refractivity contribution in [3.63, 3.8) is 0 Å². The van der Waals surface area contributed by atoms with Gasteiger partial charge in [0.25, 0.3) is 0 Å². The smallest absolute Gasteiger partial charge is 0.323 e. The third-order valence-electron chi connectivity index (χ3n) is 16.8. The minimum Gasteiger partial charge on any atom is -0.341 e. The van der Waals surface area contributed by atoms with Gasteiger partial charge in [-0.3, -0.25) is 0 Å². The molecule has 0 aliphatic heterocycles. The van der Waals surface area contributed by atoms with Crippen LogP contribution in [0.3, 0.4) is 0 Å². The summed E-state index contributed by atoms with van der Waals surface area (Å²) in [4.78, 5) is 25.5. The van der Waals surface area contributed by atoms with E-state index in [2.05, 4.69) is 243 Å². The first-order valence-corrected chi connectivity index (χ1v) is 27.6. The molecule has 4 amide bonds. The summed E-state index contributed by atoms with van der Waals surface area (Å²) < 4.78 is 0. The molecular weight excluding hydrogens is 1020 g/mol. The molecule has 0 saturated carbocycles. The van der Waals surface area contributed by atoms with E-state index < -0.39 is 0 Å². The highest BCUT2D eigenvalue weighted by molar-refractivity contribution is 6.22. The molecular formula is C78H84N4O2. The normalized spacial score (nSPS) is 11.7. The number of anilines is 3. The molecule has 0 aliphatic carbocycles. The maximum absolute atomic E-state index is 13.7. The molecule has 0 saturated heterocycles. The van der Waals surface area contributed by atoms with Crippen LogP contribution in [-0.4, -0.2) is 19.1 Å². The van der Waals surface area contributed by atoms with E-state index in [1.165, 1.54) is 127 Å². The molecule has 0 aromatic heterocycles. The van der Waals surface area contributed by atoms with Crippen LogP contribution in [0.5, 0.6) is 0 Å². The number of benzene rings is 11. The van der Waals surface area contributed by atoms with Gasteiger partial charge in [0.2, 0.25) is 0 Å².